The lowest BCUT2D eigenvalue weighted by Crippen LogP contribution is -2.37. The van der Waals surface area contributed by atoms with E-state index in [1.165, 1.54) is 0 Å². The maximum atomic E-state index is 12.1. The number of likely N-dealkylation sites (tertiary alicyclic amines) is 1. The molecule has 3 amide bonds. The third kappa shape index (κ3) is 3.61. The number of benzene rings is 1. The normalized spacial score (nSPS) is 20.1. The van der Waals surface area contributed by atoms with Crippen molar-refractivity contribution >= 4 is 23.5 Å². The van der Waals surface area contributed by atoms with Gasteiger partial charge in [0.25, 0.3) is 5.91 Å². The Hall–Kier alpha value is -2.70. The molecule has 7 nitrogen and oxygen atoms in total. The van der Waals surface area contributed by atoms with Crippen molar-refractivity contribution in [2.24, 2.45) is 11.7 Å². The fourth-order valence-corrected chi connectivity index (χ4v) is 2.77. The Balaban J connectivity index is 1.58. The highest BCUT2D eigenvalue weighted by Gasteiger charge is 2.38. The number of amides is 3. The van der Waals surface area contributed by atoms with E-state index in [1.807, 2.05) is 0 Å². The first-order valence-electron chi connectivity index (χ1n) is 7.95. The molecule has 0 radical (unpaired) electrons. The summed E-state index contributed by atoms with van der Waals surface area (Å²) < 4.78 is 0. The van der Waals surface area contributed by atoms with Crippen LogP contribution in [0.1, 0.15) is 35.2 Å². The third-order valence-corrected chi connectivity index (χ3v) is 4.33. The van der Waals surface area contributed by atoms with E-state index in [4.69, 9.17) is 5.73 Å². The molecule has 0 aromatic heterocycles. The van der Waals surface area contributed by atoms with Crippen LogP contribution < -0.4 is 11.1 Å². The molecule has 1 saturated carbocycles. The van der Waals surface area contributed by atoms with Gasteiger partial charge in [0.15, 0.2) is 0 Å². The SMILES string of the molecule is NC(=O)c1ccc(CN2C[C@H](C(=O)C(=O)NC3CC3)CC2=O)cc1. The maximum absolute atomic E-state index is 12.1. The zero-order valence-corrected chi connectivity index (χ0v) is 13.2. The van der Waals surface area contributed by atoms with Gasteiger partial charge in [-0.2, -0.15) is 0 Å². The van der Waals surface area contributed by atoms with Crippen molar-refractivity contribution in [2.75, 3.05) is 6.54 Å². The predicted molar refractivity (Wildman–Crippen MR) is 84.7 cm³/mol. The molecule has 126 valence electrons. The molecule has 3 rings (SSSR count). The number of primary amides is 1. The number of carbonyl (C=O) groups is 4. The van der Waals surface area contributed by atoms with Gasteiger partial charge in [-0.25, -0.2) is 0 Å². The smallest absolute Gasteiger partial charge is 0.287 e. The van der Waals surface area contributed by atoms with Gasteiger partial charge in [-0.3, -0.25) is 19.2 Å². The molecule has 1 heterocycles. The zero-order chi connectivity index (χ0) is 17.3. The number of carbonyl (C=O) groups excluding carboxylic acids is 4. The minimum Gasteiger partial charge on any atom is -0.366 e. The molecular formula is C17H19N3O4. The molecular weight excluding hydrogens is 310 g/mol. The fraction of sp³-hybridized carbons (Fsp3) is 0.412. The molecule has 7 heteroatoms. The van der Waals surface area contributed by atoms with Gasteiger partial charge in [0, 0.05) is 31.1 Å². The molecule has 2 fully saturated rings. The lowest BCUT2D eigenvalue weighted by Gasteiger charge is -2.16. The van der Waals surface area contributed by atoms with Gasteiger partial charge >= 0.3 is 0 Å². The highest BCUT2D eigenvalue weighted by molar-refractivity contribution is 6.37. The van der Waals surface area contributed by atoms with E-state index in [0.29, 0.717) is 12.1 Å². The number of nitrogens with zero attached hydrogens (tertiary/aromatic N) is 1. The van der Waals surface area contributed by atoms with E-state index in [1.54, 1.807) is 29.2 Å². The molecule has 1 aromatic rings. The minimum absolute atomic E-state index is 0.0658. The summed E-state index contributed by atoms with van der Waals surface area (Å²) in [6, 6.07) is 6.77. The Morgan fingerprint density at radius 3 is 2.42 bits per heavy atom. The first-order valence-corrected chi connectivity index (χ1v) is 7.95. The van der Waals surface area contributed by atoms with E-state index in [9.17, 15) is 19.2 Å². The van der Waals surface area contributed by atoms with Crippen LogP contribution in [-0.4, -0.2) is 41.0 Å². The second kappa shape index (κ2) is 6.43. The van der Waals surface area contributed by atoms with Crippen LogP contribution in [0, 0.1) is 5.92 Å². The Morgan fingerprint density at radius 2 is 1.83 bits per heavy atom. The minimum atomic E-state index is -0.582. The number of ketones is 1. The second-order valence-corrected chi connectivity index (χ2v) is 6.35. The number of hydrogen-bond donors (Lipinski definition) is 2. The Labute approximate surface area is 139 Å². The summed E-state index contributed by atoms with van der Waals surface area (Å²) >= 11 is 0. The molecule has 1 aromatic carbocycles. The van der Waals surface area contributed by atoms with Gasteiger partial charge in [-0.05, 0) is 30.5 Å². The summed E-state index contributed by atoms with van der Waals surface area (Å²) in [7, 11) is 0. The van der Waals surface area contributed by atoms with E-state index in [0.717, 1.165) is 18.4 Å². The van der Waals surface area contributed by atoms with Crippen LogP contribution >= 0.6 is 0 Å². The van der Waals surface area contributed by atoms with E-state index >= 15 is 0 Å². The van der Waals surface area contributed by atoms with Crippen LogP contribution in [0.2, 0.25) is 0 Å². The van der Waals surface area contributed by atoms with Gasteiger partial charge in [0.2, 0.25) is 17.6 Å². The lowest BCUT2D eigenvalue weighted by molar-refractivity contribution is -0.140. The third-order valence-electron chi connectivity index (χ3n) is 4.33. The Kier molecular flexibility index (Phi) is 4.33. The van der Waals surface area contributed by atoms with Crippen LogP contribution in [0.3, 0.4) is 0 Å². The number of rotatable bonds is 6. The largest absolute Gasteiger partial charge is 0.366 e. The summed E-state index contributed by atoms with van der Waals surface area (Å²) in [5.41, 5.74) is 6.43. The predicted octanol–water partition coefficient (Wildman–Crippen LogP) is -0.0183. The van der Waals surface area contributed by atoms with Crippen molar-refractivity contribution in [2.45, 2.75) is 31.8 Å². The average Bonchev–Trinajstić information content (AvgIpc) is 3.29. The lowest BCUT2D eigenvalue weighted by atomic mass is 10.0. The van der Waals surface area contributed by atoms with E-state index < -0.39 is 23.5 Å². The fourth-order valence-electron chi connectivity index (χ4n) is 2.77. The van der Waals surface area contributed by atoms with Crippen LogP contribution in [0.15, 0.2) is 24.3 Å². The molecule has 1 atom stereocenters. The summed E-state index contributed by atoms with van der Waals surface area (Å²) in [5, 5.41) is 2.66. The highest BCUT2D eigenvalue weighted by Crippen LogP contribution is 2.23. The summed E-state index contributed by atoms with van der Waals surface area (Å²) in [5.74, 6) is -2.33. The van der Waals surface area contributed by atoms with Crippen LogP contribution in [0.5, 0.6) is 0 Å². The standard InChI is InChI=1S/C17H19N3O4/c18-16(23)11-3-1-10(2-4-11)8-20-9-12(7-14(20)21)15(22)17(24)19-13-5-6-13/h1-4,12-13H,5-9H2,(H2,18,23)(H,19,24)/t12-/m1/s1. The maximum Gasteiger partial charge on any atom is 0.287 e. The van der Waals surface area contributed by atoms with Crippen molar-refractivity contribution in [3.63, 3.8) is 0 Å². The summed E-state index contributed by atoms with van der Waals surface area (Å²) in [6.07, 6.45) is 1.89. The van der Waals surface area contributed by atoms with Crippen molar-refractivity contribution in [1.82, 2.24) is 10.2 Å². The molecule has 24 heavy (non-hydrogen) atoms. The molecule has 1 aliphatic heterocycles. The van der Waals surface area contributed by atoms with Crippen molar-refractivity contribution < 1.29 is 19.2 Å². The van der Waals surface area contributed by atoms with Gasteiger partial charge in [-0.1, -0.05) is 12.1 Å². The second-order valence-electron chi connectivity index (χ2n) is 6.35. The highest BCUT2D eigenvalue weighted by atomic mass is 16.2. The van der Waals surface area contributed by atoms with Crippen LogP contribution in [0.4, 0.5) is 0 Å². The van der Waals surface area contributed by atoms with Gasteiger partial charge in [0.05, 0.1) is 5.92 Å². The van der Waals surface area contributed by atoms with Crippen LogP contribution in [0.25, 0.3) is 0 Å². The molecule has 0 bridgehead atoms. The number of nitrogens with one attached hydrogen (secondary N) is 1. The van der Waals surface area contributed by atoms with Crippen LogP contribution in [-0.2, 0) is 20.9 Å². The molecule has 0 unspecified atom stereocenters. The van der Waals surface area contributed by atoms with Gasteiger partial charge in [-0.15, -0.1) is 0 Å². The number of nitrogens with two attached hydrogens (primary N) is 1. The summed E-state index contributed by atoms with van der Waals surface area (Å²) in [4.78, 5) is 48.7. The average molecular weight is 329 g/mol. The zero-order valence-electron chi connectivity index (χ0n) is 13.2. The topological polar surface area (TPSA) is 110 Å². The van der Waals surface area contributed by atoms with Crippen molar-refractivity contribution in [3.05, 3.63) is 35.4 Å². The monoisotopic (exact) mass is 329 g/mol. The molecule has 2 aliphatic rings. The van der Waals surface area contributed by atoms with Gasteiger partial charge in [0.1, 0.15) is 0 Å². The quantitative estimate of drug-likeness (QED) is 0.715. The summed E-state index contributed by atoms with van der Waals surface area (Å²) in [6.45, 7) is 0.583. The molecule has 1 aliphatic carbocycles. The molecule has 1 saturated heterocycles. The molecule has 3 N–H and O–H groups in total. The van der Waals surface area contributed by atoms with Crippen molar-refractivity contribution in [1.29, 1.82) is 0 Å². The Morgan fingerprint density at radius 1 is 1.17 bits per heavy atom. The van der Waals surface area contributed by atoms with Gasteiger partial charge < -0.3 is 16.0 Å². The molecule has 0 spiro atoms. The number of hydrogen-bond acceptors (Lipinski definition) is 4. The van der Waals surface area contributed by atoms with Crippen molar-refractivity contribution in [3.8, 4) is 0 Å². The van der Waals surface area contributed by atoms with E-state index in [-0.39, 0.29) is 24.9 Å². The Bertz CT molecular complexity index is 694. The number of Topliss-reactive ketones (excluding diaryl/α,β-unsaturated/α-hetero) is 1. The van der Waals surface area contributed by atoms with E-state index in [2.05, 4.69) is 5.32 Å². The first kappa shape index (κ1) is 16.2. The first-order chi connectivity index (χ1) is 11.4.